The van der Waals surface area contributed by atoms with Crippen LogP contribution in [-0.4, -0.2) is 13.7 Å². The van der Waals surface area contributed by atoms with Crippen LogP contribution in [0.1, 0.15) is 24.3 Å². The van der Waals surface area contributed by atoms with Gasteiger partial charge in [0.15, 0.2) is 0 Å². The average Bonchev–Trinajstić information content (AvgIpc) is 2.30. The number of nitrogens with one attached hydrogen (secondary N) is 1. The van der Waals surface area contributed by atoms with Crippen LogP contribution in [-0.2, 0) is 0 Å². The summed E-state index contributed by atoms with van der Waals surface area (Å²) in [5.74, 6) is 1.64. The van der Waals surface area contributed by atoms with Crippen LogP contribution in [0.5, 0.6) is 5.75 Å². The molecule has 1 aliphatic rings. The fourth-order valence-electron chi connectivity index (χ4n) is 1.99. The van der Waals surface area contributed by atoms with Crippen molar-refractivity contribution in [3.05, 3.63) is 36.4 Å². The molecule has 1 unspecified atom stereocenters. The molecule has 1 aromatic rings. The molecular formula is C12H16NO. The van der Waals surface area contributed by atoms with E-state index in [0.717, 1.165) is 18.7 Å². The quantitative estimate of drug-likeness (QED) is 0.772. The second-order valence-electron chi connectivity index (χ2n) is 3.62. The van der Waals surface area contributed by atoms with Crippen LogP contribution in [0.3, 0.4) is 0 Å². The molecule has 0 aromatic heterocycles. The van der Waals surface area contributed by atoms with Gasteiger partial charge < -0.3 is 10.1 Å². The summed E-state index contributed by atoms with van der Waals surface area (Å²) < 4.78 is 5.36. The van der Waals surface area contributed by atoms with Crippen LogP contribution in [0.4, 0.5) is 0 Å². The van der Waals surface area contributed by atoms with Crippen molar-refractivity contribution in [2.45, 2.75) is 18.8 Å². The molecule has 2 rings (SSSR count). The van der Waals surface area contributed by atoms with Crippen LogP contribution >= 0.6 is 0 Å². The lowest BCUT2D eigenvalue weighted by molar-refractivity contribution is 0.398. The molecular weight excluding hydrogens is 174 g/mol. The molecule has 1 saturated heterocycles. The Kier molecular flexibility index (Phi) is 3.04. The van der Waals surface area contributed by atoms with Gasteiger partial charge in [-0.15, -0.1) is 0 Å². The zero-order chi connectivity index (χ0) is 9.80. The minimum atomic E-state index is 0.618. The average molecular weight is 190 g/mol. The Morgan fingerprint density at radius 3 is 2.93 bits per heavy atom. The van der Waals surface area contributed by atoms with Gasteiger partial charge in [0.1, 0.15) is 5.75 Å². The fourth-order valence-corrected chi connectivity index (χ4v) is 1.99. The molecule has 0 saturated carbocycles. The van der Waals surface area contributed by atoms with Gasteiger partial charge in [-0.3, -0.25) is 0 Å². The SMILES string of the molecule is COc1ccccc1C1C[CH]NCC1. The van der Waals surface area contributed by atoms with Crippen LogP contribution in [0, 0.1) is 6.54 Å². The smallest absolute Gasteiger partial charge is 0.122 e. The summed E-state index contributed by atoms with van der Waals surface area (Å²) in [6.45, 7) is 3.23. The minimum absolute atomic E-state index is 0.618. The number of hydrogen-bond donors (Lipinski definition) is 1. The van der Waals surface area contributed by atoms with E-state index in [4.69, 9.17) is 4.74 Å². The number of para-hydroxylation sites is 1. The van der Waals surface area contributed by atoms with Gasteiger partial charge in [0.05, 0.1) is 7.11 Å². The summed E-state index contributed by atoms with van der Waals surface area (Å²) in [5, 5.41) is 3.26. The largest absolute Gasteiger partial charge is 0.496 e. The Bertz CT molecular complexity index is 292. The predicted octanol–water partition coefficient (Wildman–Crippen LogP) is 2.32. The van der Waals surface area contributed by atoms with Gasteiger partial charge in [-0.05, 0) is 36.9 Å². The second kappa shape index (κ2) is 4.47. The first-order valence-electron chi connectivity index (χ1n) is 5.10. The molecule has 75 valence electrons. The summed E-state index contributed by atoms with van der Waals surface area (Å²) in [7, 11) is 1.74. The first-order chi connectivity index (χ1) is 6.92. The lowest BCUT2D eigenvalue weighted by Crippen LogP contribution is -2.22. The molecule has 1 radical (unpaired) electrons. The highest BCUT2D eigenvalue weighted by atomic mass is 16.5. The highest BCUT2D eigenvalue weighted by Gasteiger charge is 2.18. The van der Waals surface area contributed by atoms with Crippen molar-refractivity contribution in [3.63, 3.8) is 0 Å². The van der Waals surface area contributed by atoms with Crippen LogP contribution < -0.4 is 10.1 Å². The summed E-state index contributed by atoms with van der Waals surface area (Å²) in [6, 6.07) is 8.31. The van der Waals surface area contributed by atoms with E-state index in [1.165, 1.54) is 12.0 Å². The molecule has 2 nitrogen and oxygen atoms in total. The van der Waals surface area contributed by atoms with E-state index in [1.54, 1.807) is 7.11 Å². The van der Waals surface area contributed by atoms with Crippen LogP contribution in [0.2, 0.25) is 0 Å². The van der Waals surface area contributed by atoms with Gasteiger partial charge in [-0.25, -0.2) is 0 Å². The Morgan fingerprint density at radius 1 is 1.36 bits per heavy atom. The van der Waals surface area contributed by atoms with Gasteiger partial charge in [-0.1, -0.05) is 18.2 Å². The highest BCUT2D eigenvalue weighted by molar-refractivity contribution is 5.36. The molecule has 0 spiro atoms. The Morgan fingerprint density at radius 2 is 2.21 bits per heavy atom. The first kappa shape index (κ1) is 9.53. The van der Waals surface area contributed by atoms with Crippen molar-refractivity contribution in [1.29, 1.82) is 0 Å². The number of ether oxygens (including phenoxy) is 1. The van der Waals surface area contributed by atoms with Crippen molar-refractivity contribution >= 4 is 0 Å². The lowest BCUT2D eigenvalue weighted by Gasteiger charge is -2.24. The zero-order valence-corrected chi connectivity index (χ0v) is 8.49. The van der Waals surface area contributed by atoms with Crippen molar-refractivity contribution in [2.75, 3.05) is 13.7 Å². The summed E-state index contributed by atoms with van der Waals surface area (Å²) in [5.41, 5.74) is 1.34. The Labute approximate surface area is 85.3 Å². The lowest BCUT2D eigenvalue weighted by atomic mass is 9.90. The standard InChI is InChI=1S/C12H16NO/c1-14-12-5-3-2-4-11(12)10-6-8-13-9-7-10/h2-5,8,10,13H,6-7,9H2,1H3. The van der Waals surface area contributed by atoms with Gasteiger partial charge >= 0.3 is 0 Å². The maximum Gasteiger partial charge on any atom is 0.122 e. The summed E-state index contributed by atoms with van der Waals surface area (Å²) >= 11 is 0. The first-order valence-corrected chi connectivity index (χ1v) is 5.10. The van der Waals surface area contributed by atoms with E-state index in [9.17, 15) is 0 Å². The van der Waals surface area contributed by atoms with Crippen molar-refractivity contribution in [3.8, 4) is 5.75 Å². The van der Waals surface area contributed by atoms with E-state index < -0.39 is 0 Å². The highest BCUT2D eigenvalue weighted by Crippen LogP contribution is 2.32. The molecule has 1 atom stereocenters. The number of benzene rings is 1. The van der Waals surface area contributed by atoms with Crippen molar-refractivity contribution in [1.82, 2.24) is 5.32 Å². The number of rotatable bonds is 2. The second-order valence-corrected chi connectivity index (χ2v) is 3.62. The maximum absolute atomic E-state index is 5.36. The zero-order valence-electron chi connectivity index (χ0n) is 8.49. The van der Waals surface area contributed by atoms with Gasteiger partial charge in [0.2, 0.25) is 0 Å². The number of piperidine rings is 1. The maximum atomic E-state index is 5.36. The van der Waals surface area contributed by atoms with E-state index in [1.807, 2.05) is 12.1 Å². The number of methoxy groups -OCH3 is 1. The third-order valence-corrected chi connectivity index (χ3v) is 2.76. The topological polar surface area (TPSA) is 21.3 Å². The Balaban J connectivity index is 2.20. The van der Waals surface area contributed by atoms with Gasteiger partial charge in [0.25, 0.3) is 0 Å². The molecule has 1 heterocycles. The van der Waals surface area contributed by atoms with E-state index >= 15 is 0 Å². The summed E-state index contributed by atoms with van der Waals surface area (Å²) in [6.07, 6.45) is 2.29. The van der Waals surface area contributed by atoms with E-state index in [2.05, 4.69) is 24.0 Å². The molecule has 1 fully saturated rings. The normalized spacial score (nSPS) is 18.1. The molecule has 1 aliphatic heterocycles. The molecule has 14 heavy (non-hydrogen) atoms. The molecule has 0 amide bonds. The molecule has 0 aliphatic carbocycles. The third kappa shape index (κ3) is 1.90. The summed E-state index contributed by atoms with van der Waals surface area (Å²) in [4.78, 5) is 0. The molecule has 1 aromatic carbocycles. The van der Waals surface area contributed by atoms with Crippen LogP contribution in [0.15, 0.2) is 24.3 Å². The Hall–Kier alpha value is -1.02. The molecule has 0 bridgehead atoms. The molecule has 2 heteroatoms. The minimum Gasteiger partial charge on any atom is -0.496 e. The van der Waals surface area contributed by atoms with E-state index in [-0.39, 0.29) is 0 Å². The third-order valence-electron chi connectivity index (χ3n) is 2.76. The number of hydrogen-bond acceptors (Lipinski definition) is 2. The fraction of sp³-hybridized carbons (Fsp3) is 0.417. The van der Waals surface area contributed by atoms with Gasteiger partial charge in [-0.2, -0.15) is 0 Å². The van der Waals surface area contributed by atoms with Crippen molar-refractivity contribution in [2.24, 2.45) is 0 Å². The van der Waals surface area contributed by atoms with Crippen LogP contribution in [0.25, 0.3) is 0 Å². The molecule has 1 N–H and O–H groups in total. The van der Waals surface area contributed by atoms with Crippen molar-refractivity contribution < 1.29 is 4.74 Å². The predicted molar refractivity (Wildman–Crippen MR) is 57.3 cm³/mol. The van der Waals surface area contributed by atoms with Gasteiger partial charge in [0, 0.05) is 6.54 Å². The van der Waals surface area contributed by atoms with E-state index in [0.29, 0.717) is 5.92 Å². The monoisotopic (exact) mass is 190 g/mol.